The summed E-state index contributed by atoms with van der Waals surface area (Å²) in [4.78, 5) is 26.2. The largest absolute Gasteiger partial charge is 0.480 e. The molecule has 19 heavy (non-hydrogen) atoms. The first-order chi connectivity index (χ1) is 8.97. The number of hydrogen-bond acceptors (Lipinski definition) is 3. The molecule has 0 aliphatic heterocycles. The zero-order valence-corrected chi connectivity index (χ0v) is 12.4. The van der Waals surface area contributed by atoms with Gasteiger partial charge >= 0.3 is 12.0 Å². The Bertz CT molecular complexity index is 284. The van der Waals surface area contributed by atoms with Gasteiger partial charge in [0.2, 0.25) is 0 Å². The van der Waals surface area contributed by atoms with Gasteiger partial charge in [0.05, 0.1) is 6.61 Å². The Balaban J connectivity index is 4.67. The third kappa shape index (κ3) is 6.42. The molecule has 6 heteroatoms. The number of carbonyl (C=O) groups is 2. The topological polar surface area (TPSA) is 70.1 Å². The fourth-order valence-electron chi connectivity index (χ4n) is 1.67. The number of hydrogen-bond donors (Lipinski definition) is 1. The van der Waals surface area contributed by atoms with Crippen LogP contribution < -0.4 is 0 Å². The minimum atomic E-state index is -0.991. The molecule has 1 N–H and O–H groups in total. The number of urea groups is 1. The lowest BCUT2D eigenvalue weighted by Crippen LogP contribution is -2.50. The lowest BCUT2D eigenvalue weighted by atomic mass is 10.2. The molecule has 0 spiro atoms. The fraction of sp³-hybridized carbons (Fsp3) is 0.846. The molecule has 0 heterocycles. The maximum absolute atomic E-state index is 12.3. The van der Waals surface area contributed by atoms with Gasteiger partial charge in [0.15, 0.2) is 0 Å². The summed E-state index contributed by atoms with van der Waals surface area (Å²) in [6.45, 7) is 9.40. The van der Waals surface area contributed by atoms with Crippen molar-refractivity contribution in [3.63, 3.8) is 0 Å². The van der Waals surface area contributed by atoms with Crippen LogP contribution in [0.5, 0.6) is 0 Å². The first-order valence-corrected chi connectivity index (χ1v) is 6.82. The number of amides is 2. The summed E-state index contributed by atoms with van der Waals surface area (Å²) in [5.41, 5.74) is 0. The van der Waals surface area contributed by atoms with E-state index in [9.17, 15) is 9.59 Å². The minimum Gasteiger partial charge on any atom is -0.480 e. The molecule has 0 aliphatic carbocycles. The van der Waals surface area contributed by atoms with Crippen molar-refractivity contribution in [2.75, 3.05) is 32.8 Å². The number of carboxylic acids is 1. The first-order valence-electron chi connectivity index (χ1n) is 6.82. The number of carboxylic acid groups (broad SMARTS) is 1. The Morgan fingerprint density at radius 2 is 1.89 bits per heavy atom. The molecule has 0 aromatic heterocycles. The predicted molar refractivity (Wildman–Crippen MR) is 73.2 cm³/mol. The van der Waals surface area contributed by atoms with E-state index in [0.29, 0.717) is 26.3 Å². The smallest absolute Gasteiger partial charge is 0.323 e. The van der Waals surface area contributed by atoms with E-state index in [1.165, 1.54) is 4.90 Å². The van der Waals surface area contributed by atoms with Crippen LogP contribution in [-0.2, 0) is 9.53 Å². The summed E-state index contributed by atoms with van der Waals surface area (Å²) in [5.74, 6) is -0.991. The Morgan fingerprint density at radius 1 is 1.26 bits per heavy atom. The van der Waals surface area contributed by atoms with Crippen LogP contribution in [0, 0.1) is 0 Å². The molecule has 0 rings (SSSR count). The fourth-order valence-corrected chi connectivity index (χ4v) is 1.67. The maximum Gasteiger partial charge on any atom is 0.323 e. The molecule has 0 radical (unpaired) electrons. The van der Waals surface area contributed by atoms with Gasteiger partial charge in [0.1, 0.15) is 6.54 Å². The molecular weight excluding hydrogens is 248 g/mol. The highest BCUT2D eigenvalue weighted by Gasteiger charge is 2.25. The monoisotopic (exact) mass is 274 g/mol. The van der Waals surface area contributed by atoms with Crippen molar-refractivity contribution in [3.05, 3.63) is 0 Å². The second kappa shape index (κ2) is 9.61. The van der Waals surface area contributed by atoms with E-state index in [1.807, 2.05) is 27.7 Å². The van der Waals surface area contributed by atoms with Crippen LogP contribution in [0.4, 0.5) is 4.79 Å². The molecular formula is C13H26N2O4. The normalized spacial score (nSPS) is 12.0. The van der Waals surface area contributed by atoms with E-state index in [2.05, 4.69) is 0 Å². The average Bonchev–Trinajstić information content (AvgIpc) is 2.39. The van der Waals surface area contributed by atoms with Crippen molar-refractivity contribution >= 4 is 12.0 Å². The number of carbonyl (C=O) groups excluding carboxylic acids is 1. The van der Waals surface area contributed by atoms with Gasteiger partial charge in [-0.25, -0.2) is 4.79 Å². The number of rotatable bonds is 9. The van der Waals surface area contributed by atoms with E-state index in [0.717, 1.165) is 6.42 Å². The second-order valence-electron chi connectivity index (χ2n) is 4.34. The van der Waals surface area contributed by atoms with Gasteiger partial charge in [0, 0.05) is 25.7 Å². The molecule has 0 aliphatic rings. The average molecular weight is 274 g/mol. The summed E-state index contributed by atoms with van der Waals surface area (Å²) >= 11 is 0. The third-order valence-corrected chi connectivity index (χ3v) is 3.04. The van der Waals surface area contributed by atoms with Crippen molar-refractivity contribution in [1.82, 2.24) is 9.80 Å². The van der Waals surface area contributed by atoms with Crippen molar-refractivity contribution < 1.29 is 19.4 Å². The van der Waals surface area contributed by atoms with Crippen LogP contribution in [-0.4, -0.2) is 65.8 Å². The zero-order chi connectivity index (χ0) is 14.8. The Kier molecular flexibility index (Phi) is 8.95. The van der Waals surface area contributed by atoms with Crippen LogP contribution in [0.25, 0.3) is 0 Å². The van der Waals surface area contributed by atoms with Crippen molar-refractivity contribution in [2.45, 2.75) is 40.2 Å². The Hall–Kier alpha value is -1.30. The summed E-state index contributed by atoms with van der Waals surface area (Å²) in [6, 6.07) is -0.330. The molecule has 0 aromatic rings. The molecule has 112 valence electrons. The highest BCUT2D eigenvalue weighted by atomic mass is 16.5. The van der Waals surface area contributed by atoms with Gasteiger partial charge in [-0.15, -0.1) is 0 Å². The number of likely N-dealkylation sites (N-methyl/N-ethyl adjacent to an activating group) is 1. The summed E-state index contributed by atoms with van der Waals surface area (Å²) in [5, 5.41) is 8.91. The number of aliphatic carboxylic acids is 1. The third-order valence-electron chi connectivity index (χ3n) is 3.04. The van der Waals surface area contributed by atoms with Gasteiger partial charge in [-0.3, -0.25) is 4.79 Å². The quantitative estimate of drug-likeness (QED) is 0.649. The van der Waals surface area contributed by atoms with Crippen LogP contribution in [0.3, 0.4) is 0 Å². The molecule has 2 amide bonds. The molecule has 1 unspecified atom stereocenters. The predicted octanol–water partition coefficient (Wildman–Crippen LogP) is 1.65. The van der Waals surface area contributed by atoms with Crippen molar-refractivity contribution in [3.8, 4) is 0 Å². The van der Waals surface area contributed by atoms with Gasteiger partial charge in [0.25, 0.3) is 0 Å². The van der Waals surface area contributed by atoms with Gasteiger partial charge in [-0.1, -0.05) is 6.92 Å². The van der Waals surface area contributed by atoms with E-state index in [1.54, 1.807) is 4.90 Å². The second-order valence-corrected chi connectivity index (χ2v) is 4.34. The van der Waals surface area contributed by atoms with Gasteiger partial charge in [-0.2, -0.15) is 0 Å². The number of nitrogens with zero attached hydrogens (tertiary/aromatic N) is 2. The molecule has 0 aromatic carbocycles. The number of ether oxygens (including phenoxy) is 1. The lowest BCUT2D eigenvalue weighted by molar-refractivity contribution is -0.138. The highest BCUT2D eigenvalue weighted by molar-refractivity contribution is 5.80. The Labute approximate surface area is 115 Å². The molecule has 0 bridgehead atoms. The molecule has 0 fully saturated rings. The van der Waals surface area contributed by atoms with Crippen LogP contribution >= 0.6 is 0 Å². The van der Waals surface area contributed by atoms with Crippen LogP contribution in [0.2, 0.25) is 0 Å². The van der Waals surface area contributed by atoms with Gasteiger partial charge in [-0.05, 0) is 27.2 Å². The lowest BCUT2D eigenvalue weighted by Gasteiger charge is -2.32. The molecule has 1 atom stereocenters. The molecule has 0 saturated heterocycles. The maximum atomic E-state index is 12.3. The van der Waals surface area contributed by atoms with Crippen LogP contribution in [0.1, 0.15) is 34.1 Å². The molecule has 6 nitrogen and oxygen atoms in total. The first kappa shape index (κ1) is 17.7. The SMILES string of the molecule is CCOCCN(CC)C(=O)N(CC(=O)O)C(C)CC. The molecule has 0 saturated carbocycles. The standard InChI is InChI=1S/C13H26N2O4/c1-5-11(4)15(10-12(16)17)13(18)14(6-2)8-9-19-7-3/h11H,5-10H2,1-4H3,(H,16,17). The van der Waals surface area contributed by atoms with E-state index < -0.39 is 5.97 Å². The van der Waals surface area contributed by atoms with E-state index in [4.69, 9.17) is 9.84 Å². The Morgan fingerprint density at radius 3 is 2.32 bits per heavy atom. The minimum absolute atomic E-state index is 0.0928. The van der Waals surface area contributed by atoms with E-state index in [-0.39, 0.29) is 18.6 Å². The van der Waals surface area contributed by atoms with Crippen molar-refractivity contribution in [1.29, 1.82) is 0 Å². The summed E-state index contributed by atoms with van der Waals surface area (Å²) in [7, 11) is 0. The van der Waals surface area contributed by atoms with Crippen molar-refractivity contribution in [2.24, 2.45) is 0 Å². The van der Waals surface area contributed by atoms with Crippen LogP contribution in [0.15, 0.2) is 0 Å². The zero-order valence-electron chi connectivity index (χ0n) is 12.4. The van der Waals surface area contributed by atoms with Gasteiger partial charge < -0.3 is 19.6 Å². The summed E-state index contributed by atoms with van der Waals surface area (Å²) in [6.07, 6.45) is 0.724. The van der Waals surface area contributed by atoms with E-state index >= 15 is 0 Å². The highest BCUT2D eigenvalue weighted by Crippen LogP contribution is 2.08. The summed E-state index contributed by atoms with van der Waals surface area (Å²) < 4.78 is 5.23.